The Morgan fingerprint density at radius 1 is 1.25 bits per heavy atom. The predicted octanol–water partition coefficient (Wildman–Crippen LogP) is 2.31. The van der Waals surface area contributed by atoms with E-state index in [0.29, 0.717) is 0 Å². The molecule has 0 saturated heterocycles. The van der Waals surface area contributed by atoms with Crippen LogP contribution in [0, 0.1) is 0 Å². The molecule has 0 bridgehead atoms. The second kappa shape index (κ2) is 4.20. The highest BCUT2D eigenvalue weighted by molar-refractivity contribution is 6.16. The van der Waals surface area contributed by atoms with Gasteiger partial charge in [-0.3, -0.25) is 0 Å². The molecule has 12 heavy (non-hydrogen) atoms. The molecular weight excluding hydrogens is 145 g/mol. The minimum absolute atomic E-state index is 1.03. The van der Waals surface area contributed by atoms with Gasteiger partial charge in [0, 0.05) is 5.69 Å². The zero-order valence-electron chi connectivity index (χ0n) is 7.72. The van der Waals surface area contributed by atoms with E-state index in [-0.39, 0.29) is 0 Å². The van der Waals surface area contributed by atoms with Crippen LogP contribution in [0.3, 0.4) is 0 Å². The summed E-state index contributed by atoms with van der Waals surface area (Å²) in [6, 6.07) is 6.20. The third-order valence-corrected chi connectivity index (χ3v) is 2.16. The third-order valence-electron chi connectivity index (χ3n) is 2.16. The second-order valence-electron chi connectivity index (χ2n) is 2.79. The van der Waals surface area contributed by atoms with Crippen molar-refractivity contribution >= 4 is 13.7 Å². The third kappa shape index (κ3) is 1.63. The molecule has 0 heterocycles. The minimum Gasteiger partial charge on any atom is -0.437 e. The summed E-state index contributed by atoms with van der Waals surface area (Å²) in [7, 11) is 5.40. The molecule has 1 aromatic carbocycles. The zero-order chi connectivity index (χ0) is 8.97. The smallest absolute Gasteiger partial charge is 0.222 e. The average molecular weight is 159 g/mol. The molecule has 0 aromatic heterocycles. The Kier molecular flexibility index (Phi) is 3.21. The molecule has 0 unspecified atom stereocenters. The highest BCUT2D eigenvalue weighted by atomic mass is 14.7. The average Bonchev–Trinajstić information content (AvgIpc) is 2.16. The molecule has 0 spiro atoms. The van der Waals surface area contributed by atoms with Gasteiger partial charge >= 0.3 is 0 Å². The van der Waals surface area contributed by atoms with Gasteiger partial charge in [-0.15, -0.1) is 0 Å². The van der Waals surface area contributed by atoms with Crippen LogP contribution in [0.25, 0.3) is 0 Å². The maximum absolute atomic E-state index is 5.40. The Morgan fingerprint density at radius 2 is 2.00 bits per heavy atom. The molecule has 2 radical (unpaired) electrons. The van der Waals surface area contributed by atoms with E-state index in [1.807, 2.05) is 12.1 Å². The fourth-order valence-corrected chi connectivity index (χ4v) is 1.52. The molecule has 62 valence electrons. The molecule has 0 aliphatic carbocycles. The van der Waals surface area contributed by atoms with Crippen LogP contribution in [0.4, 0.5) is 5.69 Å². The first-order valence-electron chi connectivity index (χ1n) is 4.40. The van der Waals surface area contributed by atoms with Crippen LogP contribution in [0.5, 0.6) is 0 Å². The lowest BCUT2D eigenvalue weighted by molar-refractivity contribution is 1.04. The number of hydrogen-bond acceptors (Lipinski definition) is 1. The van der Waals surface area contributed by atoms with Gasteiger partial charge in [0.15, 0.2) is 0 Å². The highest BCUT2D eigenvalue weighted by Crippen LogP contribution is 2.20. The van der Waals surface area contributed by atoms with Crippen molar-refractivity contribution in [1.82, 2.24) is 0 Å². The molecule has 0 atom stereocenters. The van der Waals surface area contributed by atoms with Gasteiger partial charge in [-0.25, -0.2) is 0 Å². The van der Waals surface area contributed by atoms with E-state index in [4.69, 9.17) is 7.98 Å². The molecule has 0 fully saturated rings. The summed E-state index contributed by atoms with van der Waals surface area (Å²) in [6.45, 7) is 4.31. The lowest BCUT2D eigenvalue weighted by Crippen LogP contribution is -1.99. The summed E-state index contributed by atoms with van der Waals surface area (Å²) in [5, 5.41) is 2.72. The van der Waals surface area contributed by atoms with Crippen LogP contribution < -0.4 is 5.23 Å². The first-order chi connectivity index (χ1) is 5.83. The minimum atomic E-state index is 1.03. The normalized spacial score (nSPS) is 9.83. The number of rotatable bonds is 3. The van der Waals surface area contributed by atoms with E-state index in [2.05, 4.69) is 25.1 Å². The van der Waals surface area contributed by atoms with Crippen molar-refractivity contribution in [3.8, 4) is 0 Å². The van der Waals surface area contributed by atoms with Gasteiger partial charge in [0.2, 0.25) is 7.98 Å². The van der Waals surface area contributed by atoms with E-state index >= 15 is 0 Å². The Bertz CT molecular complexity index is 236. The standard InChI is InChI=1S/C10H14BN/c1-3-8-6-5-7-10(12-11)9(8)4-2/h5-7,12H,3-4H2,1-2H3. The van der Waals surface area contributed by atoms with Crippen LogP contribution in [-0.4, -0.2) is 7.98 Å². The van der Waals surface area contributed by atoms with E-state index < -0.39 is 0 Å². The van der Waals surface area contributed by atoms with Gasteiger partial charge < -0.3 is 5.23 Å². The van der Waals surface area contributed by atoms with Crippen LogP contribution in [0.1, 0.15) is 25.0 Å². The number of hydrogen-bond donors (Lipinski definition) is 1. The summed E-state index contributed by atoms with van der Waals surface area (Å²) >= 11 is 0. The summed E-state index contributed by atoms with van der Waals surface area (Å²) in [5.74, 6) is 0. The number of benzene rings is 1. The van der Waals surface area contributed by atoms with Crippen molar-refractivity contribution in [3.05, 3.63) is 29.3 Å². The van der Waals surface area contributed by atoms with Gasteiger partial charge in [-0.2, -0.15) is 0 Å². The van der Waals surface area contributed by atoms with E-state index in [1.54, 1.807) is 0 Å². The van der Waals surface area contributed by atoms with Crippen molar-refractivity contribution in [3.63, 3.8) is 0 Å². The van der Waals surface area contributed by atoms with Crippen molar-refractivity contribution in [2.24, 2.45) is 0 Å². The topological polar surface area (TPSA) is 12.0 Å². The first-order valence-corrected chi connectivity index (χ1v) is 4.40. The zero-order valence-corrected chi connectivity index (χ0v) is 7.72. The first kappa shape index (κ1) is 9.18. The lowest BCUT2D eigenvalue weighted by Gasteiger charge is -2.11. The van der Waals surface area contributed by atoms with E-state index in [0.717, 1.165) is 18.5 Å². The molecular formula is C10H14BN. The molecule has 0 aliphatic rings. The van der Waals surface area contributed by atoms with Crippen LogP contribution in [0.15, 0.2) is 18.2 Å². The van der Waals surface area contributed by atoms with Crippen molar-refractivity contribution in [2.75, 3.05) is 5.23 Å². The predicted molar refractivity (Wildman–Crippen MR) is 54.6 cm³/mol. The van der Waals surface area contributed by atoms with Gasteiger partial charge in [0.25, 0.3) is 0 Å². The van der Waals surface area contributed by atoms with Gasteiger partial charge in [-0.05, 0) is 30.0 Å². The maximum atomic E-state index is 5.40. The van der Waals surface area contributed by atoms with Gasteiger partial charge in [0.05, 0.1) is 0 Å². The number of nitrogens with one attached hydrogen (secondary N) is 1. The monoisotopic (exact) mass is 159 g/mol. The van der Waals surface area contributed by atoms with Crippen molar-refractivity contribution in [1.29, 1.82) is 0 Å². The SMILES string of the molecule is [B]Nc1cccc(CC)c1CC. The number of aryl methyl sites for hydroxylation is 1. The van der Waals surface area contributed by atoms with Crippen molar-refractivity contribution in [2.45, 2.75) is 26.7 Å². The van der Waals surface area contributed by atoms with Crippen LogP contribution in [0.2, 0.25) is 0 Å². The molecule has 1 aromatic rings. The summed E-state index contributed by atoms with van der Waals surface area (Å²) in [6.07, 6.45) is 2.10. The van der Waals surface area contributed by atoms with Crippen molar-refractivity contribution < 1.29 is 0 Å². The van der Waals surface area contributed by atoms with Gasteiger partial charge in [-0.1, -0.05) is 26.0 Å². The highest BCUT2D eigenvalue weighted by Gasteiger charge is 2.02. The summed E-state index contributed by atoms with van der Waals surface area (Å²) in [5.41, 5.74) is 3.77. The molecule has 0 aliphatic heterocycles. The summed E-state index contributed by atoms with van der Waals surface area (Å²) in [4.78, 5) is 0. The molecule has 0 saturated carbocycles. The van der Waals surface area contributed by atoms with Gasteiger partial charge in [0.1, 0.15) is 0 Å². The molecule has 0 amide bonds. The molecule has 2 heteroatoms. The van der Waals surface area contributed by atoms with E-state index in [9.17, 15) is 0 Å². The quantitative estimate of drug-likeness (QED) is 0.667. The maximum Gasteiger partial charge on any atom is 0.222 e. The number of anilines is 1. The Hall–Kier alpha value is -0.915. The van der Waals surface area contributed by atoms with Crippen LogP contribution >= 0.6 is 0 Å². The van der Waals surface area contributed by atoms with Crippen LogP contribution in [-0.2, 0) is 12.8 Å². The molecule has 1 N–H and O–H groups in total. The largest absolute Gasteiger partial charge is 0.437 e. The molecule has 1 nitrogen and oxygen atoms in total. The lowest BCUT2D eigenvalue weighted by atomic mass is 10.0. The Labute approximate surface area is 75.6 Å². The summed E-state index contributed by atoms with van der Waals surface area (Å²) < 4.78 is 0. The second-order valence-corrected chi connectivity index (χ2v) is 2.79. The van der Waals surface area contributed by atoms with E-state index in [1.165, 1.54) is 11.1 Å². The molecule has 1 rings (SSSR count). The fourth-order valence-electron chi connectivity index (χ4n) is 1.52. The Balaban J connectivity index is 3.13. The Morgan fingerprint density at radius 3 is 2.50 bits per heavy atom. The fraction of sp³-hybridized carbons (Fsp3) is 0.400.